The summed E-state index contributed by atoms with van der Waals surface area (Å²) in [6.45, 7) is 6.42. The summed E-state index contributed by atoms with van der Waals surface area (Å²) in [5, 5.41) is 14.3. The number of hydrogen-bond acceptors (Lipinski definition) is 3. The predicted octanol–water partition coefficient (Wildman–Crippen LogP) is 4.28. The summed E-state index contributed by atoms with van der Waals surface area (Å²) < 4.78 is 0. The van der Waals surface area contributed by atoms with Crippen LogP contribution in [0.15, 0.2) is 18.2 Å². The van der Waals surface area contributed by atoms with Crippen molar-refractivity contribution < 1.29 is 4.92 Å². The third kappa shape index (κ3) is 3.46. The summed E-state index contributed by atoms with van der Waals surface area (Å²) in [4.78, 5) is 10.4. The number of benzene rings is 1. The lowest BCUT2D eigenvalue weighted by atomic mass is 9.75. The molecule has 1 aliphatic rings. The minimum absolute atomic E-state index is 0.190. The summed E-state index contributed by atoms with van der Waals surface area (Å²) in [5.41, 5.74) is 2.36. The monoisotopic (exact) mass is 262 g/mol. The van der Waals surface area contributed by atoms with Gasteiger partial charge in [-0.05, 0) is 50.2 Å². The molecular formula is C15H22N2O2. The largest absolute Gasteiger partial charge is 0.382 e. The Bertz CT molecular complexity index is 473. The fourth-order valence-electron chi connectivity index (χ4n) is 2.73. The molecule has 0 spiro atoms. The molecule has 0 bridgehead atoms. The fourth-order valence-corrected chi connectivity index (χ4v) is 2.73. The molecule has 1 N–H and O–H groups in total. The molecule has 1 aromatic carbocycles. The summed E-state index contributed by atoms with van der Waals surface area (Å²) >= 11 is 0. The number of aryl methyl sites for hydroxylation is 1. The zero-order valence-corrected chi connectivity index (χ0v) is 11.9. The van der Waals surface area contributed by atoms with E-state index in [1.807, 2.05) is 12.1 Å². The van der Waals surface area contributed by atoms with E-state index >= 15 is 0 Å². The second-order valence-corrected chi connectivity index (χ2v) is 6.34. The Hall–Kier alpha value is -1.58. The molecule has 1 aliphatic carbocycles. The van der Waals surface area contributed by atoms with Crippen molar-refractivity contribution in [2.75, 3.05) is 5.32 Å². The zero-order valence-electron chi connectivity index (χ0n) is 11.9. The average Bonchev–Trinajstić information content (AvgIpc) is 2.31. The fraction of sp³-hybridized carbons (Fsp3) is 0.600. The molecule has 1 saturated carbocycles. The number of nitro groups is 1. The SMILES string of the molecule is Cc1cc(NC2CCC(C)(C)CC2)ccc1[N+](=O)[O-]. The molecule has 4 heteroatoms. The maximum absolute atomic E-state index is 10.8. The molecule has 0 unspecified atom stereocenters. The Morgan fingerprint density at radius 2 is 1.95 bits per heavy atom. The molecule has 0 saturated heterocycles. The zero-order chi connectivity index (χ0) is 14.0. The van der Waals surface area contributed by atoms with Gasteiger partial charge in [-0.15, -0.1) is 0 Å². The lowest BCUT2D eigenvalue weighted by molar-refractivity contribution is -0.385. The van der Waals surface area contributed by atoms with Gasteiger partial charge < -0.3 is 5.32 Å². The van der Waals surface area contributed by atoms with Crippen molar-refractivity contribution in [3.05, 3.63) is 33.9 Å². The van der Waals surface area contributed by atoms with Gasteiger partial charge in [-0.1, -0.05) is 13.8 Å². The van der Waals surface area contributed by atoms with Crippen LogP contribution in [0.4, 0.5) is 11.4 Å². The van der Waals surface area contributed by atoms with Crippen LogP contribution in [0.25, 0.3) is 0 Å². The highest BCUT2D eigenvalue weighted by Gasteiger charge is 2.26. The first-order valence-electron chi connectivity index (χ1n) is 6.89. The minimum atomic E-state index is -0.331. The van der Waals surface area contributed by atoms with Gasteiger partial charge in [-0.2, -0.15) is 0 Å². The van der Waals surface area contributed by atoms with E-state index in [9.17, 15) is 10.1 Å². The lowest BCUT2D eigenvalue weighted by Crippen LogP contribution is -2.29. The van der Waals surface area contributed by atoms with Crippen LogP contribution in [0.1, 0.15) is 45.1 Å². The second-order valence-electron chi connectivity index (χ2n) is 6.34. The van der Waals surface area contributed by atoms with Crippen LogP contribution in [-0.4, -0.2) is 11.0 Å². The third-order valence-corrected chi connectivity index (χ3v) is 4.10. The molecule has 0 amide bonds. The number of nitrogens with one attached hydrogen (secondary N) is 1. The molecule has 4 nitrogen and oxygen atoms in total. The number of hydrogen-bond donors (Lipinski definition) is 1. The molecular weight excluding hydrogens is 240 g/mol. The Balaban J connectivity index is 2.01. The van der Waals surface area contributed by atoms with Crippen LogP contribution >= 0.6 is 0 Å². The minimum Gasteiger partial charge on any atom is -0.382 e. The number of nitrogens with zero attached hydrogens (tertiary/aromatic N) is 1. The Kier molecular flexibility index (Phi) is 3.78. The van der Waals surface area contributed by atoms with Gasteiger partial charge in [-0.25, -0.2) is 0 Å². The summed E-state index contributed by atoms with van der Waals surface area (Å²) in [7, 11) is 0. The molecule has 0 radical (unpaired) electrons. The Labute approximate surface area is 114 Å². The van der Waals surface area contributed by atoms with Crippen LogP contribution in [0.2, 0.25) is 0 Å². The maximum atomic E-state index is 10.8. The van der Waals surface area contributed by atoms with E-state index in [-0.39, 0.29) is 10.6 Å². The van der Waals surface area contributed by atoms with E-state index in [0.717, 1.165) is 5.69 Å². The number of rotatable bonds is 3. The van der Waals surface area contributed by atoms with Crippen LogP contribution in [0.3, 0.4) is 0 Å². The molecule has 104 valence electrons. The van der Waals surface area contributed by atoms with Crippen molar-refractivity contribution in [3.63, 3.8) is 0 Å². The van der Waals surface area contributed by atoms with Crippen LogP contribution < -0.4 is 5.32 Å². The van der Waals surface area contributed by atoms with E-state index in [4.69, 9.17) is 0 Å². The second kappa shape index (κ2) is 5.19. The number of anilines is 1. The topological polar surface area (TPSA) is 55.2 Å². The molecule has 19 heavy (non-hydrogen) atoms. The van der Waals surface area contributed by atoms with Crippen LogP contribution in [0.5, 0.6) is 0 Å². The highest BCUT2D eigenvalue weighted by atomic mass is 16.6. The Morgan fingerprint density at radius 3 is 2.47 bits per heavy atom. The van der Waals surface area contributed by atoms with E-state index in [1.54, 1.807) is 13.0 Å². The van der Waals surface area contributed by atoms with Gasteiger partial charge in [0.25, 0.3) is 5.69 Å². The first kappa shape index (κ1) is 13.8. The van der Waals surface area contributed by atoms with E-state index in [2.05, 4.69) is 19.2 Å². The van der Waals surface area contributed by atoms with Gasteiger partial charge in [0.15, 0.2) is 0 Å². The van der Waals surface area contributed by atoms with Gasteiger partial charge in [0.2, 0.25) is 0 Å². The summed E-state index contributed by atoms with van der Waals surface area (Å²) in [6.07, 6.45) is 4.80. The van der Waals surface area contributed by atoms with Gasteiger partial charge in [-0.3, -0.25) is 10.1 Å². The smallest absolute Gasteiger partial charge is 0.272 e. The van der Waals surface area contributed by atoms with Crippen LogP contribution in [-0.2, 0) is 0 Å². The maximum Gasteiger partial charge on any atom is 0.272 e. The van der Waals surface area contributed by atoms with Crippen molar-refractivity contribution in [2.45, 2.75) is 52.5 Å². The summed E-state index contributed by atoms with van der Waals surface area (Å²) in [5.74, 6) is 0. The average molecular weight is 262 g/mol. The molecule has 1 aromatic rings. The molecule has 0 atom stereocenters. The van der Waals surface area contributed by atoms with Gasteiger partial charge in [0, 0.05) is 23.4 Å². The first-order valence-corrected chi connectivity index (χ1v) is 6.89. The molecule has 0 aliphatic heterocycles. The van der Waals surface area contributed by atoms with Crippen molar-refractivity contribution in [3.8, 4) is 0 Å². The highest BCUT2D eigenvalue weighted by Crippen LogP contribution is 2.36. The summed E-state index contributed by atoms with van der Waals surface area (Å²) in [6, 6.07) is 5.77. The lowest BCUT2D eigenvalue weighted by Gasteiger charge is -2.35. The molecule has 1 fully saturated rings. The number of nitro benzene ring substituents is 1. The van der Waals surface area contributed by atoms with Gasteiger partial charge >= 0.3 is 0 Å². The van der Waals surface area contributed by atoms with Gasteiger partial charge in [0.05, 0.1) is 4.92 Å². The van der Waals surface area contributed by atoms with E-state index in [0.29, 0.717) is 17.0 Å². The Morgan fingerprint density at radius 1 is 1.32 bits per heavy atom. The van der Waals surface area contributed by atoms with Crippen molar-refractivity contribution in [2.24, 2.45) is 5.41 Å². The standard InChI is InChI=1S/C15H22N2O2/c1-11-10-13(4-5-14(11)17(18)19)16-12-6-8-15(2,3)9-7-12/h4-5,10,12,16H,6-9H2,1-3H3. The van der Waals surface area contributed by atoms with E-state index in [1.165, 1.54) is 25.7 Å². The normalized spacial score (nSPS) is 19.1. The highest BCUT2D eigenvalue weighted by molar-refractivity contribution is 5.54. The molecule has 0 aromatic heterocycles. The third-order valence-electron chi connectivity index (χ3n) is 4.10. The first-order chi connectivity index (χ1) is 8.87. The van der Waals surface area contributed by atoms with Gasteiger partial charge in [0.1, 0.15) is 0 Å². The molecule has 0 heterocycles. The van der Waals surface area contributed by atoms with E-state index < -0.39 is 0 Å². The van der Waals surface area contributed by atoms with Crippen molar-refractivity contribution in [1.82, 2.24) is 0 Å². The molecule has 2 rings (SSSR count). The quantitative estimate of drug-likeness (QED) is 0.653. The predicted molar refractivity (Wildman–Crippen MR) is 77.5 cm³/mol. The van der Waals surface area contributed by atoms with Crippen LogP contribution in [0, 0.1) is 22.5 Å². The van der Waals surface area contributed by atoms with Crippen molar-refractivity contribution >= 4 is 11.4 Å². The van der Waals surface area contributed by atoms with Crippen molar-refractivity contribution in [1.29, 1.82) is 0 Å².